The lowest BCUT2D eigenvalue weighted by atomic mass is 10.2. The number of aryl methyl sites for hydroxylation is 1. The summed E-state index contributed by atoms with van der Waals surface area (Å²) >= 11 is 0. The van der Waals surface area contributed by atoms with Crippen molar-refractivity contribution in [3.63, 3.8) is 0 Å². The van der Waals surface area contributed by atoms with Crippen molar-refractivity contribution in [1.82, 2.24) is 19.5 Å². The number of nitrogens with zero attached hydrogens (tertiary/aromatic N) is 3. The average Bonchev–Trinajstić information content (AvgIpc) is 3.13. The average molecular weight is 290 g/mol. The fourth-order valence-electron chi connectivity index (χ4n) is 2.57. The highest BCUT2D eigenvalue weighted by atomic mass is 16.5. The zero-order valence-electron chi connectivity index (χ0n) is 11.9. The van der Waals surface area contributed by atoms with Gasteiger partial charge in [-0.25, -0.2) is 4.68 Å². The van der Waals surface area contributed by atoms with E-state index in [1.165, 1.54) is 4.68 Å². The molecule has 0 bridgehead atoms. The van der Waals surface area contributed by atoms with Crippen LogP contribution in [-0.4, -0.2) is 39.3 Å². The second-order valence-corrected chi connectivity index (χ2v) is 5.21. The summed E-state index contributed by atoms with van der Waals surface area (Å²) in [6, 6.07) is 3.51. The Balaban J connectivity index is 1.70. The first-order valence-corrected chi connectivity index (χ1v) is 7.08. The molecule has 1 atom stereocenters. The predicted molar refractivity (Wildman–Crippen MR) is 76.2 cm³/mol. The van der Waals surface area contributed by atoms with Gasteiger partial charge in [0.05, 0.1) is 6.10 Å². The molecule has 112 valence electrons. The van der Waals surface area contributed by atoms with Gasteiger partial charge in [0, 0.05) is 19.3 Å². The van der Waals surface area contributed by atoms with Gasteiger partial charge in [-0.15, -0.1) is 0 Å². The fourth-order valence-corrected chi connectivity index (χ4v) is 2.57. The monoisotopic (exact) mass is 290 g/mol. The second kappa shape index (κ2) is 5.69. The lowest BCUT2D eigenvalue weighted by Crippen LogP contribution is -2.38. The summed E-state index contributed by atoms with van der Waals surface area (Å²) in [6.07, 6.45) is 3.87. The molecule has 0 radical (unpaired) electrons. The third kappa shape index (κ3) is 2.82. The van der Waals surface area contributed by atoms with Gasteiger partial charge in [-0.05, 0) is 31.9 Å². The minimum Gasteiger partial charge on any atom is -0.376 e. The number of nitrogens with one attached hydrogen (secondary N) is 1. The highest BCUT2D eigenvalue weighted by Gasteiger charge is 2.17. The molecule has 0 aliphatic carbocycles. The maximum Gasteiger partial charge on any atom is 0.291 e. The van der Waals surface area contributed by atoms with Crippen LogP contribution in [0.15, 0.2) is 23.1 Å². The lowest BCUT2D eigenvalue weighted by Gasteiger charge is -2.12. The van der Waals surface area contributed by atoms with Crippen molar-refractivity contribution in [1.29, 1.82) is 0 Å². The normalized spacial score (nSPS) is 18.2. The number of rotatable bonds is 4. The van der Waals surface area contributed by atoms with Gasteiger partial charge in [0.1, 0.15) is 17.9 Å². The summed E-state index contributed by atoms with van der Waals surface area (Å²) in [4.78, 5) is 24.1. The van der Waals surface area contributed by atoms with Crippen molar-refractivity contribution in [3.05, 3.63) is 34.5 Å². The van der Waals surface area contributed by atoms with E-state index >= 15 is 0 Å². The first-order valence-electron chi connectivity index (χ1n) is 7.08. The Morgan fingerprint density at radius 1 is 1.57 bits per heavy atom. The molecule has 0 saturated carbocycles. The van der Waals surface area contributed by atoms with E-state index in [0.29, 0.717) is 17.9 Å². The molecule has 7 nitrogen and oxygen atoms in total. The van der Waals surface area contributed by atoms with Crippen LogP contribution in [0.1, 0.15) is 18.7 Å². The summed E-state index contributed by atoms with van der Waals surface area (Å²) in [5.41, 5.74) is 0.257. The number of ether oxygens (including phenoxy) is 1. The molecule has 1 fully saturated rings. The van der Waals surface area contributed by atoms with Crippen LogP contribution in [0.4, 0.5) is 0 Å². The molecule has 1 unspecified atom stereocenters. The molecule has 2 aromatic heterocycles. The summed E-state index contributed by atoms with van der Waals surface area (Å²) < 4.78 is 8.36. The first kappa shape index (κ1) is 13.8. The Morgan fingerprint density at radius 3 is 3.19 bits per heavy atom. The Kier molecular flexibility index (Phi) is 3.74. The van der Waals surface area contributed by atoms with Crippen LogP contribution in [0.3, 0.4) is 0 Å². The van der Waals surface area contributed by atoms with Gasteiger partial charge >= 0.3 is 0 Å². The standard InChI is InChI=1S/C14H18N4O3/c1-10-16-18(14(20)12-5-2-6-17(10)12)9-13(19)15-8-11-4-3-7-21-11/h2,5-6,11H,3-4,7-9H2,1H3,(H,15,19). The van der Waals surface area contributed by atoms with Gasteiger partial charge in [-0.3, -0.25) is 14.0 Å². The maximum absolute atomic E-state index is 12.2. The minimum atomic E-state index is -0.266. The van der Waals surface area contributed by atoms with Crippen molar-refractivity contribution in [2.75, 3.05) is 13.2 Å². The van der Waals surface area contributed by atoms with Gasteiger partial charge in [0.25, 0.3) is 5.56 Å². The van der Waals surface area contributed by atoms with E-state index in [9.17, 15) is 9.59 Å². The molecule has 1 aliphatic rings. The van der Waals surface area contributed by atoms with Crippen LogP contribution in [0.2, 0.25) is 0 Å². The quantitative estimate of drug-likeness (QED) is 0.866. The molecule has 1 saturated heterocycles. The SMILES string of the molecule is Cc1nn(CC(=O)NCC2CCCO2)c(=O)c2cccn12. The molecule has 1 amide bonds. The van der Waals surface area contributed by atoms with Crippen molar-refractivity contribution < 1.29 is 9.53 Å². The lowest BCUT2D eigenvalue weighted by molar-refractivity contribution is -0.122. The van der Waals surface area contributed by atoms with Crippen LogP contribution in [-0.2, 0) is 16.1 Å². The van der Waals surface area contributed by atoms with E-state index in [0.717, 1.165) is 19.4 Å². The summed E-state index contributed by atoms with van der Waals surface area (Å²) in [5.74, 6) is 0.442. The largest absolute Gasteiger partial charge is 0.376 e. The van der Waals surface area contributed by atoms with Crippen LogP contribution in [0, 0.1) is 6.92 Å². The fraction of sp³-hybridized carbons (Fsp3) is 0.500. The topological polar surface area (TPSA) is 77.6 Å². The van der Waals surface area contributed by atoms with E-state index in [-0.39, 0.29) is 24.1 Å². The predicted octanol–water partition coefficient (Wildman–Crippen LogP) is 0.0996. The molecule has 3 heterocycles. The first-order chi connectivity index (χ1) is 10.1. The maximum atomic E-state index is 12.2. The van der Waals surface area contributed by atoms with Crippen LogP contribution < -0.4 is 10.9 Å². The van der Waals surface area contributed by atoms with Gasteiger partial charge in [-0.1, -0.05) is 0 Å². The van der Waals surface area contributed by atoms with Gasteiger partial charge in [0.15, 0.2) is 0 Å². The van der Waals surface area contributed by atoms with E-state index in [1.807, 2.05) is 0 Å². The highest BCUT2D eigenvalue weighted by molar-refractivity contribution is 5.75. The van der Waals surface area contributed by atoms with Crippen molar-refractivity contribution in [2.45, 2.75) is 32.4 Å². The number of carbonyl (C=O) groups excluding carboxylic acids is 1. The molecule has 1 N–H and O–H groups in total. The van der Waals surface area contributed by atoms with E-state index in [1.54, 1.807) is 29.7 Å². The molecule has 21 heavy (non-hydrogen) atoms. The van der Waals surface area contributed by atoms with Gasteiger partial charge in [0.2, 0.25) is 5.91 Å². The zero-order valence-corrected chi connectivity index (χ0v) is 11.9. The number of carbonyl (C=O) groups is 1. The zero-order chi connectivity index (χ0) is 14.8. The summed E-state index contributed by atoms with van der Waals surface area (Å²) in [7, 11) is 0. The molecule has 0 aromatic carbocycles. The smallest absolute Gasteiger partial charge is 0.291 e. The molecular weight excluding hydrogens is 272 g/mol. The van der Waals surface area contributed by atoms with Gasteiger partial charge < -0.3 is 10.1 Å². The van der Waals surface area contributed by atoms with Gasteiger partial charge in [-0.2, -0.15) is 5.10 Å². The van der Waals surface area contributed by atoms with E-state index in [2.05, 4.69) is 10.4 Å². The summed E-state index contributed by atoms with van der Waals surface area (Å²) in [5, 5.41) is 6.96. The van der Waals surface area contributed by atoms with Crippen LogP contribution in [0.25, 0.3) is 5.52 Å². The molecule has 7 heteroatoms. The van der Waals surface area contributed by atoms with Crippen molar-refractivity contribution in [3.8, 4) is 0 Å². The second-order valence-electron chi connectivity index (χ2n) is 5.21. The van der Waals surface area contributed by atoms with E-state index < -0.39 is 0 Å². The number of hydrogen-bond donors (Lipinski definition) is 1. The van der Waals surface area contributed by atoms with Crippen molar-refractivity contribution in [2.24, 2.45) is 0 Å². The third-order valence-corrected chi connectivity index (χ3v) is 3.66. The number of fused-ring (bicyclic) bond motifs is 1. The Morgan fingerprint density at radius 2 is 2.43 bits per heavy atom. The summed E-state index contributed by atoms with van der Waals surface area (Å²) in [6.45, 7) is 2.97. The highest BCUT2D eigenvalue weighted by Crippen LogP contribution is 2.10. The Bertz CT molecular complexity index is 713. The molecule has 3 rings (SSSR count). The van der Waals surface area contributed by atoms with Crippen molar-refractivity contribution >= 4 is 11.4 Å². The molecule has 1 aliphatic heterocycles. The molecule has 0 spiro atoms. The van der Waals surface area contributed by atoms with Crippen LogP contribution >= 0.6 is 0 Å². The molecular formula is C14H18N4O3. The van der Waals surface area contributed by atoms with Crippen LogP contribution in [0.5, 0.6) is 0 Å². The number of hydrogen-bond acceptors (Lipinski definition) is 4. The number of aromatic nitrogens is 3. The Hall–Kier alpha value is -2.15. The Labute approximate surface area is 121 Å². The molecule has 2 aromatic rings. The van der Waals surface area contributed by atoms with E-state index in [4.69, 9.17) is 4.74 Å². The minimum absolute atomic E-state index is 0.0753. The third-order valence-electron chi connectivity index (χ3n) is 3.66. The number of amides is 1.